The number of hydrogen-bond donors (Lipinski definition) is 1. The quantitative estimate of drug-likeness (QED) is 0.604. The molecule has 1 aromatic carbocycles. The lowest BCUT2D eigenvalue weighted by atomic mass is 9.95. The van der Waals surface area contributed by atoms with E-state index >= 15 is 0 Å². The van der Waals surface area contributed by atoms with Gasteiger partial charge in [-0.1, -0.05) is 0 Å². The first-order valence-electron chi connectivity index (χ1n) is 9.08. The second kappa shape index (κ2) is 8.22. The van der Waals surface area contributed by atoms with E-state index < -0.39 is 36.5 Å². The molecule has 0 radical (unpaired) electrons. The van der Waals surface area contributed by atoms with Crippen LogP contribution in [0, 0.1) is 5.82 Å². The van der Waals surface area contributed by atoms with Crippen molar-refractivity contribution in [3.63, 3.8) is 0 Å². The third-order valence-electron chi connectivity index (χ3n) is 4.56. The summed E-state index contributed by atoms with van der Waals surface area (Å²) in [6.45, 7) is -0.324. The van der Waals surface area contributed by atoms with Gasteiger partial charge in [-0.3, -0.25) is 4.79 Å². The van der Waals surface area contributed by atoms with Crippen molar-refractivity contribution in [2.24, 2.45) is 0 Å². The van der Waals surface area contributed by atoms with Gasteiger partial charge in [0.2, 0.25) is 0 Å². The van der Waals surface area contributed by atoms with Gasteiger partial charge in [0.15, 0.2) is 11.8 Å². The van der Waals surface area contributed by atoms with Crippen LogP contribution in [0.15, 0.2) is 24.3 Å². The van der Waals surface area contributed by atoms with E-state index in [9.17, 15) is 27.2 Å². The molecule has 1 N–H and O–H groups in total. The van der Waals surface area contributed by atoms with Crippen molar-refractivity contribution in [2.45, 2.75) is 44.9 Å². The molecule has 3 rings (SSSR count). The molecule has 10 heteroatoms. The summed E-state index contributed by atoms with van der Waals surface area (Å²) in [4.78, 5) is 24.3. The number of ether oxygens (including phenoxy) is 1. The Morgan fingerprint density at radius 2 is 1.86 bits per heavy atom. The summed E-state index contributed by atoms with van der Waals surface area (Å²) in [5.74, 6) is -2.35. The van der Waals surface area contributed by atoms with Crippen LogP contribution in [0.3, 0.4) is 0 Å². The Morgan fingerprint density at radius 1 is 1.21 bits per heavy atom. The van der Waals surface area contributed by atoms with Gasteiger partial charge in [0.05, 0.1) is 5.69 Å². The fourth-order valence-corrected chi connectivity index (χ4v) is 3.16. The molecule has 2 aromatic rings. The lowest BCUT2D eigenvalue weighted by molar-refractivity contribution is -0.143. The number of fused-ring (bicyclic) bond motifs is 1. The van der Waals surface area contributed by atoms with Crippen LogP contribution in [0.4, 0.5) is 17.6 Å². The van der Waals surface area contributed by atoms with E-state index in [1.54, 1.807) is 10.00 Å². The van der Waals surface area contributed by atoms with Gasteiger partial charge in [-0.25, -0.2) is 13.9 Å². The van der Waals surface area contributed by atoms with E-state index in [1.807, 2.05) is 0 Å². The molecular weight excluding hydrogens is 394 g/mol. The molecule has 0 spiro atoms. The summed E-state index contributed by atoms with van der Waals surface area (Å²) in [5.41, 5.74) is 2.05. The molecule has 0 aliphatic heterocycles. The van der Waals surface area contributed by atoms with Gasteiger partial charge in [-0.05, 0) is 56.9 Å². The molecule has 156 valence electrons. The van der Waals surface area contributed by atoms with Crippen LogP contribution in [-0.2, 0) is 22.4 Å². The lowest BCUT2D eigenvalue weighted by Gasteiger charge is -2.15. The van der Waals surface area contributed by atoms with Crippen LogP contribution in [0.1, 0.15) is 41.5 Å². The van der Waals surface area contributed by atoms with Crippen molar-refractivity contribution in [3.05, 3.63) is 47.0 Å². The Morgan fingerprint density at radius 3 is 2.52 bits per heavy atom. The van der Waals surface area contributed by atoms with Crippen LogP contribution in [-0.4, -0.2) is 40.5 Å². The Hall–Kier alpha value is -2.91. The number of aromatic nitrogens is 2. The second-order valence-electron chi connectivity index (χ2n) is 6.75. The van der Waals surface area contributed by atoms with Gasteiger partial charge in [0, 0.05) is 11.3 Å². The summed E-state index contributed by atoms with van der Waals surface area (Å²) >= 11 is 0. The minimum Gasteiger partial charge on any atom is -0.448 e. The molecule has 1 atom stereocenters. The number of nitrogens with one attached hydrogen (secondary N) is 1. The van der Waals surface area contributed by atoms with Crippen LogP contribution in [0.25, 0.3) is 5.69 Å². The Bertz CT molecular complexity index is 907. The van der Waals surface area contributed by atoms with Gasteiger partial charge in [0.25, 0.3) is 5.91 Å². The summed E-state index contributed by atoms with van der Waals surface area (Å²) in [6, 6.07) is 5.60. The van der Waals surface area contributed by atoms with Gasteiger partial charge < -0.3 is 10.1 Å². The number of esters is 1. The van der Waals surface area contributed by atoms with Gasteiger partial charge in [0.1, 0.15) is 12.4 Å². The van der Waals surface area contributed by atoms with E-state index in [0.717, 1.165) is 18.5 Å². The third-order valence-corrected chi connectivity index (χ3v) is 4.56. The first-order valence-corrected chi connectivity index (χ1v) is 9.08. The Balaban J connectivity index is 1.80. The molecule has 29 heavy (non-hydrogen) atoms. The number of rotatable bonds is 5. The predicted molar refractivity (Wildman–Crippen MR) is 94.1 cm³/mol. The molecule has 1 aromatic heterocycles. The minimum atomic E-state index is -4.56. The Kier molecular flexibility index (Phi) is 5.90. The molecular formula is C19H19F4N3O3. The molecule has 1 amide bonds. The second-order valence-corrected chi connectivity index (χ2v) is 6.75. The average molecular weight is 413 g/mol. The highest BCUT2D eigenvalue weighted by Crippen LogP contribution is 2.27. The summed E-state index contributed by atoms with van der Waals surface area (Å²) in [5, 5.41) is 5.97. The fraction of sp³-hybridized carbons (Fsp3) is 0.421. The van der Waals surface area contributed by atoms with E-state index in [4.69, 9.17) is 4.74 Å². The zero-order chi connectivity index (χ0) is 21.2. The van der Waals surface area contributed by atoms with E-state index in [1.165, 1.54) is 31.2 Å². The monoisotopic (exact) mass is 413 g/mol. The number of nitrogens with zero attached hydrogens (tertiary/aromatic N) is 2. The van der Waals surface area contributed by atoms with Gasteiger partial charge in [-0.2, -0.15) is 18.3 Å². The maximum Gasteiger partial charge on any atom is 0.405 e. The highest BCUT2D eigenvalue weighted by atomic mass is 19.4. The van der Waals surface area contributed by atoms with Gasteiger partial charge in [-0.15, -0.1) is 0 Å². The fourth-order valence-electron chi connectivity index (χ4n) is 3.16. The third kappa shape index (κ3) is 4.93. The van der Waals surface area contributed by atoms with E-state index in [0.29, 0.717) is 24.1 Å². The number of hydrogen-bond acceptors (Lipinski definition) is 4. The molecule has 0 saturated heterocycles. The van der Waals surface area contributed by atoms with Crippen molar-refractivity contribution in [1.29, 1.82) is 0 Å². The zero-order valence-corrected chi connectivity index (χ0v) is 15.6. The molecule has 0 saturated carbocycles. The number of amides is 1. The first kappa shape index (κ1) is 20.8. The number of halogens is 4. The van der Waals surface area contributed by atoms with Crippen LogP contribution < -0.4 is 5.32 Å². The smallest absolute Gasteiger partial charge is 0.405 e. The topological polar surface area (TPSA) is 73.2 Å². The van der Waals surface area contributed by atoms with Crippen molar-refractivity contribution < 1.29 is 31.9 Å². The highest BCUT2D eigenvalue weighted by molar-refractivity contribution is 5.92. The normalized spacial score (nSPS) is 14.8. The van der Waals surface area contributed by atoms with Crippen molar-refractivity contribution >= 4 is 11.9 Å². The van der Waals surface area contributed by atoms with Crippen molar-refractivity contribution in [3.8, 4) is 5.69 Å². The summed E-state index contributed by atoms with van der Waals surface area (Å²) in [6.07, 6.45) is -3.01. The van der Waals surface area contributed by atoms with E-state index in [-0.39, 0.29) is 5.69 Å². The maximum absolute atomic E-state index is 13.2. The van der Waals surface area contributed by atoms with Gasteiger partial charge >= 0.3 is 12.1 Å². The standard InChI is InChI=1S/C19H19F4N3O3/c1-11(17(27)24-10-19(21,22)23)29-18(28)16-14-4-2-3-5-15(14)26(25-16)13-8-6-12(20)7-9-13/h6-9,11H,2-5,10H2,1H3,(H,24,27). The molecule has 6 nitrogen and oxygen atoms in total. The molecule has 0 bridgehead atoms. The van der Waals surface area contributed by atoms with Crippen LogP contribution in [0.5, 0.6) is 0 Å². The van der Waals surface area contributed by atoms with Crippen LogP contribution in [0.2, 0.25) is 0 Å². The number of carbonyl (C=O) groups is 2. The van der Waals surface area contributed by atoms with Crippen LogP contribution >= 0.6 is 0 Å². The zero-order valence-electron chi connectivity index (χ0n) is 15.6. The molecule has 1 aliphatic carbocycles. The number of benzene rings is 1. The summed E-state index contributed by atoms with van der Waals surface area (Å²) in [7, 11) is 0. The van der Waals surface area contributed by atoms with Crippen molar-refractivity contribution in [2.75, 3.05) is 6.54 Å². The minimum absolute atomic E-state index is 0.0134. The molecule has 1 unspecified atom stereocenters. The SMILES string of the molecule is CC(OC(=O)c1nn(-c2ccc(F)cc2)c2c1CCCC2)C(=O)NCC(F)(F)F. The average Bonchev–Trinajstić information content (AvgIpc) is 3.06. The summed E-state index contributed by atoms with van der Waals surface area (Å²) < 4.78 is 56.5. The largest absolute Gasteiger partial charge is 0.448 e. The molecule has 1 heterocycles. The molecule has 1 aliphatic rings. The maximum atomic E-state index is 13.2. The highest BCUT2D eigenvalue weighted by Gasteiger charge is 2.31. The molecule has 0 fully saturated rings. The number of alkyl halides is 3. The predicted octanol–water partition coefficient (Wildman–Crippen LogP) is 3.11. The van der Waals surface area contributed by atoms with Crippen molar-refractivity contribution in [1.82, 2.24) is 15.1 Å². The van der Waals surface area contributed by atoms with E-state index in [2.05, 4.69) is 5.10 Å². The lowest BCUT2D eigenvalue weighted by Crippen LogP contribution is -2.40. The first-order chi connectivity index (χ1) is 13.7. The number of carbonyl (C=O) groups excluding carboxylic acids is 2. The Labute approximate surface area is 163 Å².